The van der Waals surface area contributed by atoms with E-state index in [9.17, 15) is 0 Å². The van der Waals surface area contributed by atoms with Gasteiger partial charge in [0.15, 0.2) is 17.5 Å². The fourth-order valence-electron chi connectivity index (χ4n) is 6.14. The maximum atomic E-state index is 8.27. The summed E-state index contributed by atoms with van der Waals surface area (Å²) in [5.74, 6) is 1.71. The van der Waals surface area contributed by atoms with Gasteiger partial charge in [0.2, 0.25) is 0 Å². The van der Waals surface area contributed by atoms with Crippen molar-refractivity contribution in [1.29, 1.82) is 0 Å². The number of hydrogen-bond acceptors (Lipinski definition) is 5. The molecule has 0 saturated carbocycles. The molecule has 0 saturated heterocycles. The fraction of sp³-hybridized carbons (Fsp3) is 0. The lowest BCUT2D eigenvalue weighted by Crippen LogP contribution is -2.01. The largest absolute Gasteiger partial charge is 0.456 e. The van der Waals surface area contributed by atoms with Crippen LogP contribution in [0.4, 0.5) is 0 Å². The SMILES string of the molecule is [2H]c1ccc2oc3cccc(-c4ccccc4-c4nc(-c5ccccc5)nc(-c5cccc6oc7ccccc7c56)n4)c3c2c1. The predicted molar refractivity (Wildman–Crippen MR) is 176 cm³/mol. The van der Waals surface area contributed by atoms with Gasteiger partial charge >= 0.3 is 0 Å². The Kier molecular flexibility index (Phi) is 5.20. The van der Waals surface area contributed by atoms with Crippen molar-refractivity contribution in [2.24, 2.45) is 0 Å². The van der Waals surface area contributed by atoms with Crippen LogP contribution in [0.5, 0.6) is 0 Å². The molecule has 0 unspecified atom stereocenters. The second-order valence-electron chi connectivity index (χ2n) is 10.7. The Labute approximate surface area is 253 Å². The summed E-state index contributed by atoms with van der Waals surface area (Å²) >= 11 is 0. The van der Waals surface area contributed by atoms with E-state index in [0.29, 0.717) is 23.5 Å². The van der Waals surface area contributed by atoms with Gasteiger partial charge in [-0.3, -0.25) is 0 Å². The predicted octanol–water partition coefficient (Wildman–Crippen LogP) is 10.3. The molecule has 206 valence electrons. The number of rotatable bonds is 4. The van der Waals surface area contributed by atoms with Crippen LogP contribution in [0.1, 0.15) is 1.37 Å². The zero-order valence-electron chi connectivity index (χ0n) is 24.4. The molecule has 0 N–H and O–H groups in total. The molecule has 0 aliphatic heterocycles. The summed E-state index contributed by atoms with van der Waals surface area (Å²) in [7, 11) is 0. The van der Waals surface area contributed by atoms with Gasteiger partial charge in [0.25, 0.3) is 0 Å². The third kappa shape index (κ3) is 3.83. The van der Waals surface area contributed by atoms with Gasteiger partial charge in [0.05, 0.1) is 1.37 Å². The summed E-state index contributed by atoms with van der Waals surface area (Å²) in [6.07, 6.45) is 0. The van der Waals surface area contributed by atoms with E-state index in [1.165, 1.54) is 0 Å². The molecule has 5 heteroatoms. The first kappa shape index (κ1) is 23.5. The van der Waals surface area contributed by atoms with Crippen molar-refractivity contribution in [3.05, 3.63) is 140 Å². The minimum atomic E-state index is 0.434. The number of fused-ring (bicyclic) bond motifs is 6. The number of nitrogens with zero attached hydrogens (tertiary/aromatic N) is 3. The standard InChI is InChI=1S/C39H23N3O2/c1-2-12-24(13-3-1)37-40-38(42-39(41-37)30-19-11-23-34-36(30)29-17-7-9-21-32(29)44-34)27-15-5-4-14-25(27)26-18-10-22-33-35(26)28-16-6-8-20-31(28)43-33/h1-23H/i6D. The van der Waals surface area contributed by atoms with Crippen LogP contribution in [0, 0.1) is 0 Å². The molecule has 0 radical (unpaired) electrons. The highest BCUT2D eigenvalue weighted by Gasteiger charge is 2.20. The van der Waals surface area contributed by atoms with Crippen LogP contribution in [0.25, 0.3) is 89.2 Å². The van der Waals surface area contributed by atoms with Crippen LogP contribution in [0.3, 0.4) is 0 Å². The molecule has 6 aromatic carbocycles. The third-order valence-electron chi connectivity index (χ3n) is 8.11. The van der Waals surface area contributed by atoms with E-state index in [1.807, 2.05) is 109 Å². The maximum Gasteiger partial charge on any atom is 0.164 e. The van der Waals surface area contributed by atoms with Crippen LogP contribution in [0.2, 0.25) is 0 Å². The molecule has 0 aliphatic rings. The topological polar surface area (TPSA) is 65.0 Å². The third-order valence-corrected chi connectivity index (χ3v) is 8.11. The normalized spacial score (nSPS) is 12.0. The first-order valence-electron chi connectivity index (χ1n) is 14.9. The Balaban J connectivity index is 1.33. The molecule has 9 rings (SSSR count). The van der Waals surface area contributed by atoms with Crippen molar-refractivity contribution >= 4 is 43.9 Å². The van der Waals surface area contributed by atoms with E-state index >= 15 is 0 Å². The van der Waals surface area contributed by atoms with Crippen molar-refractivity contribution in [3.8, 4) is 45.3 Å². The molecule has 3 heterocycles. The van der Waals surface area contributed by atoms with Crippen LogP contribution in [-0.2, 0) is 0 Å². The Morgan fingerprint density at radius 1 is 0.386 bits per heavy atom. The van der Waals surface area contributed by atoms with Gasteiger partial charge in [-0.15, -0.1) is 0 Å². The summed E-state index contributed by atoms with van der Waals surface area (Å²) in [5, 5.41) is 3.85. The number of hydrogen-bond donors (Lipinski definition) is 0. The number of benzene rings is 6. The van der Waals surface area contributed by atoms with E-state index in [4.69, 9.17) is 25.2 Å². The van der Waals surface area contributed by atoms with Crippen molar-refractivity contribution in [2.75, 3.05) is 0 Å². The number of aromatic nitrogens is 3. The highest BCUT2D eigenvalue weighted by molar-refractivity contribution is 6.14. The lowest BCUT2D eigenvalue weighted by Gasteiger charge is -2.13. The Morgan fingerprint density at radius 2 is 0.909 bits per heavy atom. The van der Waals surface area contributed by atoms with E-state index in [2.05, 4.69) is 18.2 Å². The zero-order chi connectivity index (χ0) is 29.9. The van der Waals surface area contributed by atoms with Gasteiger partial charge in [-0.1, -0.05) is 115 Å². The Morgan fingerprint density at radius 3 is 1.70 bits per heavy atom. The van der Waals surface area contributed by atoms with Crippen LogP contribution >= 0.6 is 0 Å². The van der Waals surface area contributed by atoms with E-state index < -0.39 is 0 Å². The summed E-state index contributed by atoms with van der Waals surface area (Å²) in [4.78, 5) is 15.2. The van der Waals surface area contributed by atoms with Gasteiger partial charge in [-0.2, -0.15) is 0 Å². The maximum absolute atomic E-state index is 8.27. The van der Waals surface area contributed by atoms with E-state index in [1.54, 1.807) is 6.07 Å². The first-order chi connectivity index (χ1) is 22.2. The average Bonchev–Trinajstić information content (AvgIpc) is 3.66. The second kappa shape index (κ2) is 9.75. The molecule has 0 bridgehead atoms. The summed E-state index contributed by atoms with van der Waals surface area (Å²) in [6, 6.07) is 44.1. The minimum absolute atomic E-state index is 0.434. The zero-order valence-corrected chi connectivity index (χ0v) is 23.4. The molecule has 0 atom stereocenters. The quantitative estimate of drug-likeness (QED) is 0.212. The van der Waals surface area contributed by atoms with E-state index in [-0.39, 0.29) is 0 Å². The summed E-state index contributed by atoms with van der Waals surface area (Å²) < 4.78 is 20.7. The molecule has 9 aromatic rings. The van der Waals surface area contributed by atoms with Crippen molar-refractivity contribution in [1.82, 2.24) is 15.0 Å². The first-order valence-corrected chi connectivity index (χ1v) is 14.4. The molecule has 0 fully saturated rings. The van der Waals surface area contributed by atoms with Gasteiger partial charge in [0.1, 0.15) is 22.3 Å². The molecular weight excluding hydrogens is 542 g/mol. The second-order valence-corrected chi connectivity index (χ2v) is 10.7. The van der Waals surface area contributed by atoms with Crippen LogP contribution < -0.4 is 0 Å². The Hall–Kier alpha value is -6.07. The van der Waals surface area contributed by atoms with Crippen LogP contribution in [-0.4, -0.2) is 15.0 Å². The average molecular weight is 567 g/mol. The smallest absolute Gasteiger partial charge is 0.164 e. The monoisotopic (exact) mass is 566 g/mol. The number of para-hydroxylation sites is 2. The Bertz CT molecular complexity index is 2570. The van der Waals surface area contributed by atoms with Crippen molar-refractivity contribution in [3.63, 3.8) is 0 Å². The van der Waals surface area contributed by atoms with Gasteiger partial charge < -0.3 is 8.83 Å². The minimum Gasteiger partial charge on any atom is -0.456 e. The van der Waals surface area contributed by atoms with Crippen molar-refractivity contribution < 1.29 is 10.2 Å². The summed E-state index contributed by atoms with van der Waals surface area (Å²) in [5.41, 5.74) is 7.71. The number of furan rings is 2. The molecule has 5 nitrogen and oxygen atoms in total. The highest BCUT2D eigenvalue weighted by atomic mass is 16.3. The molecule has 0 spiro atoms. The van der Waals surface area contributed by atoms with Crippen molar-refractivity contribution in [2.45, 2.75) is 0 Å². The van der Waals surface area contributed by atoms with Gasteiger partial charge in [-0.05, 0) is 35.4 Å². The van der Waals surface area contributed by atoms with Gasteiger partial charge in [0, 0.05) is 38.2 Å². The molecule has 3 aromatic heterocycles. The van der Waals surface area contributed by atoms with Crippen LogP contribution in [0.15, 0.2) is 148 Å². The lowest BCUT2D eigenvalue weighted by molar-refractivity contribution is 0.668. The van der Waals surface area contributed by atoms with Gasteiger partial charge in [-0.25, -0.2) is 15.0 Å². The molecule has 44 heavy (non-hydrogen) atoms. The molecular formula is C39H23N3O2. The molecule has 0 aliphatic carbocycles. The lowest BCUT2D eigenvalue weighted by atomic mass is 9.95. The molecule has 0 amide bonds. The summed E-state index contributed by atoms with van der Waals surface area (Å²) in [6.45, 7) is 0. The van der Waals surface area contributed by atoms with E-state index in [0.717, 1.165) is 71.7 Å². The fourth-order valence-corrected chi connectivity index (χ4v) is 6.14. The highest BCUT2D eigenvalue weighted by Crippen LogP contribution is 2.41.